The molecule has 1 unspecified atom stereocenters. The standard InChI is InChI=1S/C13H18N2OS2/c14-12(17)11(9-5-2-1-3-6-9)15-13(16)10-7-4-8-18-10/h4,7-9,11H,1-3,5-6H2,(H2,14,17)(H,15,16). The Hall–Kier alpha value is -0.940. The molecule has 1 aromatic heterocycles. The van der Waals surface area contributed by atoms with Crippen LogP contribution in [0.5, 0.6) is 0 Å². The van der Waals surface area contributed by atoms with E-state index in [1.165, 1.54) is 30.6 Å². The van der Waals surface area contributed by atoms with Gasteiger partial charge in [-0.25, -0.2) is 0 Å². The van der Waals surface area contributed by atoms with Crippen molar-refractivity contribution in [3.05, 3.63) is 22.4 Å². The first kappa shape index (κ1) is 13.5. The zero-order valence-electron chi connectivity index (χ0n) is 10.2. The van der Waals surface area contributed by atoms with Gasteiger partial charge < -0.3 is 11.1 Å². The number of carbonyl (C=O) groups excluding carboxylic acids is 1. The van der Waals surface area contributed by atoms with Crippen molar-refractivity contribution in [1.29, 1.82) is 0 Å². The fourth-order valence-corrected chi connectivity index (χ4v) is 3.39. The Bertz CT molecular complexity index is 411. The average Bonchev–Trinajstić information content (AvgIpc) is 2.90. The van der Waals surface area contributed by atoms with E-state index in [0.29, 0.717) is 15.8 Å². The highest BCUT2D eigenvalue weighted by atomic mass is 32.1. The zero-order chi connectivity index (χ0) is 13.0. The highest BCUT2D eigenvalue weighted by Crippen LogP contribution is 2.27. The molecule has 3 N–H and O–H groups in total. The number of nitrogens with two attached hydrogens (primary N) is 1. The predicted octanol–water partition coefficient (Wildman–Crippen LogP) is 2.71. The van der Waals surface area contributed by atoms with E-state index in [2.05, 4.69) is 5.32 Å². The summed E-state index contributed by atoms with van der Waals surface area (Å²) in [5.74, 6) is 0.341. The monoisotopic (exact) mass is 282 g/mol. The number of thiophene rings is 1. The van der Waals surface area contributed by atoms with Crippen LogP contribution in [0.3, 0.4) is 0 Å². The Kier molecular flexibility index (Phi) is 4.72. The van der Waals surface area contributed by atoms with E-state index in [4.69, 9.17) is 18.0 Å². The minimum absolute atomic E-state index is 0.0617. The van der Waals surface area contributed by atoms with Crippen LogP contribution < -0.4 is 11.1 Å². The van der Waals surface area contributed by atoms with Crippen molar-refractivity contribution in [2.24, 2.45) is 11.7 Å². The van der Waals surface area contributed by atoms with Crippen LogP contribution in [0.1, 0.15) is 41.8 Å². The first-order valence-electron chi connectivity index (χ1n) is 6.32. The fraction of sp³-hybridized carbons (Fsp3) is 0.538. The minimum atomic E-state index is -0.158. The molecule has 2 rings (SSSR count). The Labute approximate surface area is 117 Å². The molecule has 1 amide bonds. The molecule has 1 aliphatic rings. The van der Waals surface area contributed by atoms with Crippen molar-refractivity contribution in [2.75, 3.05) is 0 Å². The van der Waals surface area contributed by atoms with Gasteiger partial charge in [0.05, 0.1) is 15.9 Å². The second-order valence-corrected chi connectivity index (χ2v) is 6.15. The molecule has 1 heterocycles. The van der Waals surface area contributed by atoms with Crippen LogP contribution in [0.15, 0.2) is 17.5 Å². The lowest BCUT2D eigenvalue weighted by Crippen LogP contribution is -2.48. The Morgan fingerprint density at radius 2 is 2.17 bits per heavy atom. The molecule has 1 saturated carbocycles. The molecule has 1 aromatic rings. The number of amides is 1. The highest BCUT2D eigenvalue weighted by Gasteiger charge is 2.27. The van der Waals surface area contributed by atoms with Gasteiger partial charge in [0.1, 0.15) is 0 Å². The molecule has 1 atom stereocenters. The molecular weight excluding hydrogens is 264 g/mol. The number of hydrogen-bond donors (Lipinski definition) is 2. The van der Waals surface area contributed by atoms with Gasteiger partial charge in [-0.1, -0.05) is 37.5 Å². The van der Waals surface area contributed by atoms with Crippen molar-refractivity contribution in [3.63, 3.8) is 0 Å². The molecule has 98 valence electrons. The van der Waals surface area contributed by atoms with Crippen LogP contribution in [-0.4, -0.2) is 16.9 Å². The lowest BCUT2D eigenvalue weighted by Gasteiger charge is -2.30. The summed E-state index contributed by atoms with van der Waals surface area (Å²) in [6.45, 7) is 0. The van der Waals surface area contributed by atoms with E-state index in [1.54, 1.807) is 0 Å². The molecule has 0 aromatic carbocycles. The average molecular weight is 282 g/mol. The number of nitrogens with one attached hydrogen (secondary N) is 1. The van der Waals surface area contributed by atoms with Gasteiger partial charge in [0.25, 0.3) is 5.91 Å². The molecule has 18 heavy (non-hydrogen) atoms. The topological polar surface area (TPSA) is 55.1 Å². The normalized spacial score (nSPS) is 18.2. The third-order valence-electron chi connectivity index (χ3n) is 3.46. The van der Waals surface area contributed by atoms with Gasteiger partial charge in [0.2, 0.25) is 0 Å². The van der Waals surface area contributed by atoms with E-state index in [-0.39, 0.29) is 11.9 Å². The van der Waals surface area contributed by atoms with Gasteiger partial charge in [0.15, 0.2) is 0 Å². The molecule has 0 bridgehead atoms. The quantitative estimate of drug-likeness (QED) is 0.835. The maximum Gasteiger partial charge on any atom is 0.261 e. The van der Waals surface area contributed by atoms with Crippen LogP contribution in [0.4, 0.5) is 0 Å². The lowest BCUT2D eigenvalue weighted by atomic mass is 9.84. The summed E-state index contributed by atoms with van der Waals surface area (Å²) in [6.07, 6.45) is 5.90. The maximum absolute atomic E-state index is 12.0. The van der Waals surface area contributed by atoms with Crippen molar-refractivity contribution in [1.82, 2.24) is 5.32 Å². The third-order valence-corrected chi connectivity index (χ3v) is 4.58. The maximum atomic E-state index is 12.0. The van der Waals surface area contributed by atoms with Crippen LogP contribution in [0.25, 0.3) is 0 Å². The summed E-state index contributed by atoms with van der Waals surface area (Å²) in [6, 6.07) is 3.53. The first-order chi connectivity index (χ1) is 8.68. The predicted molar refractivity (Wildman–Crippen MR) is 78.9 cm³/mol. The molecule has 5 heteroatoms. The van der Waals surface area contributed by atoms with E-state index >= 15 is 0 Å². The molecular formula is C13H18N2OS2. The summed E-state index contributed by atoms with van der Waals surface area (Å²) in [4.78, 5) is 13.2. The molecule has 3 nitrogen and oxygen atoms in total. The van der Waals surface area contributed by atoms with E-state index in [9.17, 15) is 4.79 Å². The summed E-state index contributed by atoms with van der Waals surface area (Å²) >= 11 is 6.55. The van der Waals surface area contributed by atoms with Gasteiger partial charge in [-0.2, -0.15) is 0 Å². The van der Waals surface area contributed by atoms with Crippen molar-refractivity contribution < 1.29 is 4.79 Å². The molecule has 0 aliphatic heterocycles. The number of rotatable bonds is 4. The molecule has 1 fully saturated rings. The number of hydrogen-bond acceptors (Lipinski definition) is 3. The second-order valence-electron chi connectivity index (χ2n) is 4.73. The van der Waals surface area contributed by atoms with Crippen LogP contribution in [-0.2, 0) is 0 Å². The van der Waals surface area contributed by atoms with Crippen molar-refractivity contribution in [2.45, 2.75) is 38.1 Å². The van der Waals surface area contributed by atoms with Crippen LogP contribution in [0, 0.1) is 5.92 Å². The Balaban J connectivity index is 2.02. The molecule has 0 spiro atoms. The van der Waals surface area contributed by atoms with Crippen molar-refractivity contribution >= 4 is 34.5 Å². The van der Waals surface area contributed by atoms with Gasteiger partial charge in [-0.05, 0) is 30.2 Å². The summed E-state index contributed by atoms with van der Waals surface area (Å²) < 4.78 is 0. The molecule has 0 radical (unpaired) electrons. The minimum Gasteiger partial charge on any atom is -0.392 e. The van der Waals surface area contributed by atoms with Crippen LogP contribution >= 0.6 is 23.6 Å². The first-order valence-corrected chi connectivity index (χ1v) is 7.61. The second kappa shape index (κ2) is 6.29. The van der Waals surface area contributed by atoms with Gasteiger partial charge >= 0.3 is 0 Å². The number of thiocarbonyl (C=S) groups is 1. The SMILES string of the molecule is NC(=S)C(NC(=O)c1cccs1)C1CCCCC1. The molecule has 1 aliphatic carbocycles. The fourth-order valence-electron chi connectivity index (χ4n) is 2.51. The Morgan fingerprint density at radius 3 is 2.72 bits per heavy atom. The van der Waals surface area contributed by atoms with E-state index in [1.807, 2.05) is 17.5 Å². The number of carbonyl (C=O) groups is 1. The third kappa shape index (κ3) is 3.29. The van der Waals surface area contributed by atoms with Gasteiger partial charge in [-0.15, -0.1) is 11.3 Å². The zero-order valence-corrected chi connectivity index (χ0v) is 11.9. The van der Waals surface area contributed by atoms with Gasteiger partial charge in [-0.3, -0.25) is 4.79 Å². The molecule has 0 saturated heterocycles. The summed E-state index contributed by atoms with van der Waals surface area (Å²) in [5, 5.41) is 4.89. The Morgan fingerprint density at radius 1 is 1.44 bits per heavy atom. The smallest absolute Gasteiger partial charge is 0.261 e. The van der Waals surface area contributed by atoms with Crippen LogP contribution in [0.2, 0.25) is 0 Å². The summed E-state index contributed by atoms with van der Waals surface area (Å²) in [5.41, 5.74) is 5.79. The van der Waals surface area contributed by atoms with E-state index < -0.39 is 0 Å². The summed E-state index contributed by atoms with van der Waals surface area (Å²) in [7, 11) is 0. The van der Waals surface area contributed by atoms with E-state index in [0.717, 1.165) is 12.8 Å². The lowest BCUT2D eigenvalue weighted by molar-refractivity contribution is 0.0936. The van der Waals surface area contributed by atoms with Crippen molar-refractivity contribution in [3.8, 4) is 0 Å². The highest BCUT2D eigenvalue weighted by molar-refractivity contribution is 7.80. The largest absolute Gasteiger partial charge is 0.392 e. The van der Waals surface area contributed by atoms with Gasteiger partial charge in [0, 0.05) is 0 Å².